The lowest BCUT2D eigenvalue weighted by Crippen LogP contribution is -2.62. The molecule has 4 rings (SSSR count). The number of halogens is 1. The lowest BCUT2D eigenvalue weighted by molar-refractivity contribution is -0.142. The summed E-state index contributed by atoms with van der Waals surface area (Å²) < 4.78 is 36.3. The highest BCUT2D eigenvalue weighted by Crippen LogP contribution is 2.31. The van der Waals surface area contributed by atoms with Crippen LogP contribution in [0, 0.1) is 0 Å². The van der Waals surface area contributed by atoms with Crippen LogP contribution in [0.3, 0.4) is 0 Å². The Morgan fingerprint density at radius 2 is 1.84 bits per heavy atom. The van der Waals surface area contributed by atoms with Crippen molar-refractivity contribution in [2.45, 2.75) is 44.3 Å². The van der Waals surface area contributed by atoms with Crippen molar-refractivity contribution in [3.8, 4) is 0 Å². The molecule has 3 aliphatic rings. The zero-order valence-corrected chi connectivity index (χ0v) is 19.2. The number of nitrogens with zero attached hydrogens (tertiary/aromatic N) is 3. The molecule has 2 saturated heterocycles. The Balaban J connectivity index is 1.38. The molecule has 10 heteroatoms. The molecule has 1 aliphatic carbocycles. The predicted octanol–water partition coefficient (Wildman–Crippen LogP) is 1.89. The number of hydrogen-bond acceptors (Lipinski definition) is 6. The molecule has 31 heavy (non-hydrogen) atoms. The summed E-state index contributed by atoms with van der Waals surface area (Å²) in [7, 11) is -3.92. The number of amides is 1. The Morgan fingerprint density at radius 3 is 2.58 bits per heavy atom. The standard InChI is InChI=1S/C21H30ClN3O5S/c22-18-5-3-4-17(14-18)15-23-8-9-25(20-7-2-1-6-19(20)23)21(26)16-30-31(27,28)24-10-12-29-13-11-24/h3-5,14,19-20H,1-2,6-13,15-16H2/t19-,20+/m1/s1. The van der Waals surface area contributed by atoms with Crippen molar-refractivity contribution < 1.29 is 22.1 Å². The monoisotopic (exact) mass is 471 g/mol. The maximum absolute atomic E-state index is 12.9. The molecule has 1 amide bonds. The Morgan fingerprint density at radius 1 is 1.10 bits per heavy atom. The fourth-order valence-electron chi connectivity index (χ4n) is 4.88. The number of benzene rings is 1. The van der Waals surface area contributed by atoms with Gasteiger partial charge < -0.3 is 9.64 Å². The van der Waals surface area contributed by atoms with Crippen LogP contribution in [0.15, 0.2) is 24.3 Å². The number of ether oxygens (including phenoxy) is 1. The molecule has 8 nitrogen and oxygen atoms in total. The molecule has 0 unspecified atom stereocenters. The average Bonchev–Trinajstić information content (AvgIpc) is 2.78. The zero-order valence-electron chi connectivity index (χ0n) is 17.6. The SMILES string of the molecule is O=C(COS(=O)(=O)N1CCOCC1)N1CCN(Cc2cccc(Cl)c2)[C@@H]2CCCC[C@@H]21. The fourth-order valence-corrected chi connectivity index (χ4v) is 6.09. The smallest absolute Gasteiger partial charge is 0.339 e. The van der Waals surface area contributed by atoms with Crippen LogP contribution in [-0.2, 0) is 30.6 Å². The van der Waals surface area contributed by atoms with Gasteiger partial charge in [-0.2, -0.15) is 12.7 Å². The van der Waals surface area contributed by atoms with Gasteiger partial charge in [-0.25, -0.2) is 4.18 Å². The van der Waals surface area contributed by atoms with Crippen molar-refractivity contribution in [2.75, 3.05) is 46.0 Å². The first-order valence-electron chi connectivity index (χ1n) is 10.9. The zero-order chi connectivity index (χ0) is 21.8. The minimum atomic E-state index is -3.92. The average molecular weight is 472 g/mol. The van der Waals surface area contributed by atoms with E-state index in [-0.39, 0.29) is 31.1 Å². The summed E-state index contributed by atoms with van der Waals surface area (Å²) in [4.78, 5) is 17.2. The summed E-state index contributed by atoms with van der Waals surface area (Å²) in [6.45, 7) is 2.86. The maximum atomic E-state index is 12.9. The topological polar surface area (TPSA) is 79.4 Å². The van der Waals surface area contributed by atoms with Crippen LogP contribution in [0.5, 0.6) is 0 Å². The molecule has 0 aromatic heterocycles. The molecule has 172 valence electrons. The van der Waals surface area contributed by atoms with Crippen molar-refractivity contribution >= 4 is 27.8 Å². The Bertz CT molecular complexity index is 878. The van der Waals surface area contributed by atoms with Crippen LogP contribution >= 0.6 is 11.6 Å². The van der Waals surface area contributed by atoms with Crippen LogP contribution < -0.4 is 0 Å². The third-order valence-electron chi connectivity index (χ3n) is 6.40. The number of carbonyl (C=O) groups excluding carboxylic acids is 1. The third-order valence-corrected chi connectivity index (χ3v) is 8.05. The van der Waals surface area contributed by atoms with Crippen LogP contribution in [-0.4, -0.2) is 86.5 Å². The van der Waals surface area contributed by atoms with Crippen molar-refractivity contribution in [3.63, 3.8) is 0 Å². The minimum absolute atomic E-state index is 0.0869. The predicted molar refractivity (Wildman–Crippen MR) is 117 cm³/mol. The Labute approximate surface area is 189 Å². The molecule has 0 radical (unpaired) electrons. The fraction of sp³-hybridized carbons (Fsp3) is 0.667. The number of carbonyl (C=O) groups is 1. The molecule has 0 spiro atoms. The van der Waals surface area contributed by atoms with Gasteiger partial charge in [-0.15, -0.1) is 0 Å². The second-order valence-electron chi connectivity index (χ2n) is 8.34. The van der Waals surface area contributed by atoms with Gasteiger partial charge in [-0.1, -0.05) is 36.6 Å². The van der Waals surface area contributed by atoms with Crippen molar-refractivity contribution in [3.05, 3.63) is 34.9 Å². The first-order valence-corrected chi connectivity index (χ1v) is 12.7. The van der Waals surface area contributed by atoms with E-state index in [9.17, 15) is 13.2 Å². The van der Waals surface area contributed by atoms with E-state index in [1.165, 1.54) is 4.31 Å². The minimum Gasteiger partial charge on any atom is -0.379 e. The van der Waals surface area contributed by atoms with Crippen molar-refractivity contribution in [1.82, 2.24) is 14.1 Å². The third kappa shape index (κ3) is 5.58. The summed E-state index contributed by atoms with van der Waals surface area (Å²) in [6.07, 6.45) is 4.17. The first kappa shape index (κ1) is 22.9. The molecule has 1 aromatic rings. The summed E-state index contributed by atoms with van der Waals surface area (Å²) >= 11 is 6.15. The van der Waals surface area contributed by atoms with Gasteiger partial charge in [0.15, 0.2) is 0 Å². The summed E-state index contributed by atoms with van der Waals surface area (Å²) in [5, 5.41) is 0.727. The van der Waals surface area contributed by atoms with E-state index in [1.807, 2.05) is 23.1 Å². The van der Waals surface area contributed by atoms with E-state index in [4.69, 9.17) is 20.5 Å². The van der Waals surface area contributed by atoms with E-state index >= 15 is 0 Å². The molecule has 3 fully saturated rings. The molecule has 2 atom stereocenters. The molecule has 1 saturated carbocycles. The molecule has 0 bridgehead atoms. The molecule has 0 N–H and O–H groups in total. The molecular formula is C21H30ClN3O5S. The van der Waals surface area contributed by atoms with Gasteiger partial charge in [0, 0.05) is 49.8 Å². The van der Waals surface area contributed by atoms with Crippen LogP contribution in [0.1, 0.15) is 31.2 Å². The van der Waals surface area contributed by atoms with E-state index < -0.39 is 16.9 Å². The maximum Gasteiger partial charge on any atom is 0.339 e. The molecule has 2 aliphatic heterocycles. The van der Waals surface area contributed by atoms with Gasteiger partial charge in [-0.3, -0.25) is 9.69 Å². The second-order valence-corrected chi connectivity index (χ2v) is 10.4. The number of fused-ring (bicyclic) bond motifs is 1. The highest BCUT2D eigenvalue weighted by molar-refractivity contribution is 7.84. The van der Waals surface area contributed by atoms with Gasteiger partial charge >= 0.3 is 10.3 Å². The van der Waals surface area contributed by atoms with Gasteiger partial charge in [0.1, 0.15) is 6.61 Å². The Hall–Kier alpha value is -1.23. The number of morpholine rings is 1. The summed E-state index contributed by atoms with van der Waals surface area (Å²) in [5.74, 6) is -0.254. The molecule has 1 aromatic carbocycles. The summed E-state index contributed by atoms with van der Waals surface area (Å²) in [5.41, 5.74) is 1.16. The Kier molecular flexibility index (Phi) is 7.51. The van der Waals surface area contributed by atoms with Crippen molar-refractivity contribution in [2.24, 2.45) is 0 Å². The summed E-state index contributed by atoms with van der Waals surface area (Å²) in [6, 6.07) is 8.25. The number of piperazine rings is 1. The lowest BCUT2D eigenvalue weighted by atomic mass is 9.86. The second kappa shape index (κ2) is 10.1. The van der Waals surface area contributed by atoms with Crippen LogP contribution in [0.4, 0.5) is 0 Å². The van der Waals surface area contributed by atoms with Crippen LogP contribution in [0.25, 0.3) is 0 Å². The highest BCUT2D eigenvalue weighted by atomic mass is 35.5. The van der Waals surface area contributed by atoms with E-state index in [0.29, 0.717) is 19.8 Å². The largest absolute Gasteiger partial charge is 0.379 e. The number of hydrogen-bond donors (Lipinski definition) is 0. The van der Waals surface area contributed by atoms with Gasteiger partial charge in [0.25, 0.3) is 5.91 Å². The van der Waals surface area contributed by atoms with E-state index in [1.54, 1.807) is 0 Å². The van der Waals surface area contributed by atoms with Crippen molar-refractivity contribution in [1.29, 1.82) is 0 Å². The van der Waals surface area contributed by atoms with E-state index in [2.05, 4.69) is 11.0 Å². The number of rotatable bonds is 6. The highest BCUT2D eigenvalue weighted by Gasteiger charge is 2.40. The lowest BCUT2D eigenvalue weighted by Gasteiger charge is -2.50. The van der Waals surface area contributed by atoms with Gasteiger partial charge in [0.2, 0.25) is 0 Å². The van der Waals surface area contributed by atoms with Gasteiger partial charge in [-0.05, 0) is 30.5 Å². The quantitative estimate of drug-likeness (QED) is 0.630. The molecule has 2 heterocycles. The normalized spacial score (nSPS) is 25.9. The first-order chi connectivity index (χ1) is 14.9. The van der Waals surface area contributed by atoms with Crippen LogP contribution in [0.2, 0.25) is 5.02 Å². The van der Waals surface area contributed by atoms with Gasteiger partial charge in [0.05, 0.1) is 13.2 Å². The van der Waals surface area contributed by atoms with E-state index in [0.717, 1.165) is 49.4 Å². The molecular weight excluding hydrogens is 442 g/mol.